The Morgan fingerprint density at radius 2 is 1.83 bits per heavy atom. The second kappa shape index (κ2) is 7.73. The lowest BCUT2D eigenvalue weighted by Gasteiger charge is -2.31. The Bertz CT molecular complexity index is 702. The zero-order chi connectivity index (χ0) is 17.9. The van der Waals surface area contributed by atoms with E-state index in [0.717, 1.165) is 30.5 Å². The molecule has 130 valence electrons. The fourth-order valence-corrected chi connectivity index (χ4v) is 3.18. The first kappa shape index (κ1) is 18.4. The van der Waals surface area contributed by atoms with E-state index in [4.69, 9.17) is 0 Å². The summed E-state index contributed by atoms with van der Waals surface area (Å²) in [5.74, 6) is -1.69. The molecule has 1 atom stereocenters. The van der Waals surface area contributed by atoms with Crippen molar-refractivity contribution in [2.75, 3.05) is 7.05 Å². The van der Waals surface area contributed by atoms with Crippen LogP contribution in [0.5, 0.6) is 0 Å². The lowest BCUT2D eigenvalue weighted by molar-refractivity contribution is 0.354. The van der Waals surface area contributed by atoms with Gasteiger partial charge in [0.15, 0.2) is 11.6 Å². The molecule has 0 aromatic heterocycles. The van der Waals surface area contributed by atoms with E-state index in [1.54, 1.807) is 6.92 Å². The predicted octanol–water partition coefficient (Wildman–Crippen LogP) is 5.70. The van der Waals surface area contributed by atoms with Crippen molar-refractivity contribution in [1.29, 1.82) is 0 Å². The summed E-state index contributed by atoms with van der Waals surface area (Å²) in [6.45, 7) is 8.14. The van der Waals surface area contributed by atoms with Crippen LogP contribution in [-0.2, 0) is 0 Å². The molecule has 0 aliphatic carbocycles. The molecule has 24 heavy (non-hydrogen) atoms. The highest BCUT2D eigenvalue weighted by molar-refractivity contribution is 6.04. The quantitative estimate of drug-likeness (QED) is 0.632. The average molecular weight is 332 g/mol. The van der Waals surface area contributed by atoms with Crippen molar-refractivity contribution in [1.82, 2.24) is 4.90 Å². The SMILES string of the molecule is CCCC(=Nc1cc(F)c(F)cc1C)C1=CN(C)C(CC)C(C)=C1. The topological polar surface area (TPSA) is 15.6 Å². The molecule has 1 aromatic carbocycles. The van der Waals surface area contributed by atoms with E-state index in [9.17, 15) is 8.78 Å². The van der Waals surface area contributed by atoms with Gasteiger partial charge in [-0.1, -0.05) is 31.9 Å². The van der Waals surface area contributed by atoms with Gasteiger partial charge in [-0.15, -0.1) is 0 Å². The summed E-state index contributed by atoms with van der Waals surface area (Å²) in [4.78, 5) is 6.87. The zero-order valence-electron chi connectivity index (χ0n) is 15.2. The molecule has 0 fully saturated rings. The van der Waals surface area contributed by atoms with Crippen molar-refractivity contribution in [2.45, 2.75) is 53.0 Å². The van der Waals surface area contributed by atoms with Crippen LogP contribution >= 0.6 is 0 Å². The molecule has 4 heteroatoms. The maximum Gasteiger partial charge on any atom is 0.160 e. The minimum Gasteiger partial charge on any atom is -0.373 e. The molecule has 1 aliphatic rings. The molecule has 1 aliphatic heterocycles. The van der Waals surface area contributed by atoms with Gasteiger partial charge in [-0.05, 0) is 38.3 Å². The minimum absolute atomic E-state index is 0.404. The van der Waals surface area contributed by atoms with Crippen molar-refractivity contribution in [3.05, 3.63) is 52.8 Å². The lowest BCUT2D eigenvalue weighted by Crippen LogP contribution is -2.31. The third-order valence-corrected chi connectivity index (χ3v) is 4.44. The molecule has 0 saturated carbocycles. The van der Waals surface area contributed by atoms with Crippen LogP contribution in [0.25, 0.3) is 0 Å². The van der Waals surface area contributed by atoms with Gasteiger partial charge in [0.05, 0.1) is 5.69 Å². The van der Waals surface area contributed by atoms with E-state index in [1.807, 2.05) is 0 Å². The van der Waals surface area contributed by atoms with E-state index in [1.165, 1.54) is 17.7 Å². The van der Waals surface area contributed by atoms with Gasteiger partial charge in [0.2, 0.25) is 0 Å². The van der Waals surface area contributed by atoms with E-state index < -0.39 is 11.6 Å². The molecular formula is C20H26F2N2. The second-order valence-corrected chi connectivity index (χ2v) is 6.42. The molecule has 0 amide bonds. The summed E-state index contributed by atoms with van der Waals surface area (Å²) in [5, 5.41) is 0. The maximum atomic E-state index is 13.6. The summed E-state index contributed by atoms with van der Waals surface area (Å²) in [7, 11) is 2.07. The number of allylic oxidation sites excluding steroid dienone is 2. The molecule has 0 bridgehead atoms. The van der Waals surface area contributed by atoms with Crippen molar-refractivity contribution in [2.24, 2.45) is 4.99 Å². The molecule has 1 heterocycles. The third-order valence-electron chi connectivity index (χ3n) is 4.44. The van der Waals surface area contributed by atoms with Crippen molar-refractivity contribution in [3.8, 4) is 0 Å². The van der Waals surface area contributed by atoms with Crippen LogP contribution in [-0.4, -0.2) is 23.7 Å². The Morgan fingerprint density at radius 3 is 2.42 bits per heavy atom. The number of hydrogen-bond acceptors (Lipinski definition) is 2. The monoisotopic (exact) mass is 332 g/mol. The summed E-state index contributed by atoms with van der Waals surface area (Å²) in [5.41, 5.74) is 4.38. The second-order valence-electron chi connectivity index (χ2n) is 6.42. The number of aliphatic imine (C=N–C) groups is 1. The number of aryl methyl sites for hydroxylation is 1. The molecule has 0 N–H and O–H groups in total. The van der Waals surface area contributed by atoms with Crippen LogP contribution in [0, 0.1) is 18.6 Å². The highest BCUT2D eigenvalue weighted by Crippen LogP contribution is 2.27. The fraction of sp³-hybridized carbons (Fsp3) is 0.450. The van der Waals surface area contributed by atoms with Gasteiger partial charge < -0.3 is 4.90 Å². The maximum absolute atomic E-state index is 13.6. The van der Waals surface area contributed by atoms with E-state index in [0.29, 0.717) is 17.3 Å². The van der Waals surface area contributed by atoms with Gasteiger partial charge >= 0.3 is 0 Å². The number of benzene rings is 1. The van der Waals surface area contributed by atoms with Crippen molar-refractivity contribution < 1.29 is 8.78 Å². The van der Waals surface area contributed by atoms with Crippen LogP contribution in [0.2, 0.25) is 0 Å². The zero-order valence-corrected chi connectivity index (χ0v) is 15.2. The van der Waals surface area contributed by atoms with Crippen LogP contribution in [0.4, 0.5) is 14.5 Å². The molecule has 0 spiro atoms. The molecule has 2 nitrogen and oxygen atoms in total. The number of likely N-dealkylation sites (N-methyl/N-ethyl adjacent to an activating group) is 1. The van der Waals surface area contributed by atoms with Crippen LogP contribution < -0.4 is 0 Å². The molecule has 2 rings (SSSR count). The van der Waals surface area contributed by atoms with Gasteiger partial charge in [-0.25, -0.2) is 8.78 Å². The van der Waals surface area contributed by atoms with Gasteiger partial charge in [0, 0.05) is 36.6 Å². The van der Waals surface area contributed by atoms with E-state index in [-0.39, 0.29) is 0 Å². The molecule has 1 aromatic rings. The molecular weight excluding hydrogens is 306 g/mol. The van der Waals surface area contributed by atoms with Gasteiger partial charge in [-0.3, -0.25) is 4.99 Å². The first-order chi connectivity index (χ1) is 11.4. The smallest absolute Gasteiger partial charge is 0.160 e. The summed E-state index contributed by atoms with van der Waals surface area (Å²) in [6, 6.07) is 2.79. The predicted molar refractivity (Wildman–Crippen MR) is 96.8 cm³/mol. The van der Waals surface area contributed by atoms with Crippen molar-refractivity contribution >= 4 is 11.4 Å². The fourth-order valence-electron chi connectivity index (χ4n) is 3.18. The number of rotatable bonds is 5. The van der Waals surface area contributed by atoms with E-state index in [2.05, 4.69) is 50.0 Å². The summed E-state index contributed by atoms with van der Waals surface area (Å²) in [6.07, 6.45) is 7.04. The third kappa shape index (κ3) is 3.92. The van der Waals surface area contributed by atoms with E-state index >= 15 is 0 Å². The summed E-state index contributed by atoms with van der Waals surface area (Å²) < 4.78 is 26.9. The number of halogens is 2. The first-order valence-electron chi connectivity index (χ1n) is 8.52. The largest absolute Gasteiger partial charge is 0.373 e. The molecule has 1 unspecified atom stereocenters. The standard InChI is InChI=1S/C20H26F2N2/c1-6-8-18(15-9-14(4)20(7-2)24(5)12-15)23-19-11-17(22)16(21)10-13(19)3/h9-12,20H,6-8H2,1-5H3. The Kier molecular flexibility index (Phi) is 5.92. The number of hydrogen-bond donors (Lipinski definition) is 0. The first-order valence-corrected chi connectivity index (χ1v) is 8.52. The van der Waals surface area contributed by atoms with Gasteiger partial charge in [0.1, 0.15) is 0 Å². The minimum atomic E-state index is -0.859. The van der Waals surface area contributed by atoms with Crippen LogP contribution in [0.3, 0.4) is 0 Å². The Labute approximate surface area is 143 Å². The Morgan fingerprint density at radius 1 is 1.17 bits per heavy atom. The summed E-state index contributed by atoms with van der Waals surface area (Å²) >= 11 is 0. The lowest BCUT2D eigenvalue weighted by atomic mass is 9.95. The number of nitrogens with zero attached hydrogens (tertiary/aromatic N) is 2. The highest BCUT2D eigenvalue weighted by atomic mass is 19.2. The Balaban J connectivity index is 2.46. The normalized spacial score (nSPS) is 18.5. The molecule has 0 radical (unpaired) electrons. The van der Waals surface area contributed by atoms with Crippen LogP contribution in [0.1, 0.15) is 45.6 Å². The Hall–Kier alpha value is -1.97. The van der Waals surface area contributed by atoms with Crippen molar-refractivity contribution in [3.63, 3.8) is 0 Å². The van der Waals surface area contributed by atoms with Crippen LogP contribution in [0.15, 0.2) is 40.5 Å². The average Bonchev–Trinajstić information content (AvgIpc) is 2.51. The van der Waals surface area contributed by atoms with Gasteiger partial charge in [-0.2, -0.15) is 0 Å². The van der Waals surface area contributed by atoms with Gasteiger partial charge in [0.25, 0.3) is 0 Å². The molecule has 0 saturated heterocycles. The highest BCUT2D eigenvalue weighted by Gasteiger charge is 2.19.